The number of piperidine rings is 1. The predicted octanol–water partition coefficient (Wildman–Crippen LogP) is 1.15. The highest BCUT2D eigenvalue weighted by molar-refractivity contribution is 5.71. The van der Waals surface area contributed by atoms with E-state index in [0.29, 0.717) is 24.7 Å². The first-order valence-corrected chi connectivity index (χ1v) is 6.70. The minimum atomic E-state index is -0.103. The third-order valence-electron chi connectivity index (χ3n) is 3.82. The Kier molecular flexibility index (Phi) is 4.05. The first-order valence-electron chi connectivity index (χ1n) is 6.70. The summed E-state index contributed by atoms with van der Waals surface area (Å²) in [6.07, 6.45) is 4.92. The van der Waals surface area contributed by atoms with Crippen molar-refractivity contribution < 1.29 is 9.53 Å². The van der Waals surface area contributed by atoms with Gasteiger partial charge in [-0.15, -0.1) is 0 Å². The molecule has 2 heterocycles. The third kappa shape index (κ3) is 3.42. The van der Waals surface area contributed by atoms with Crippen LogP contribution in [0.15, 0.2) is 0 Å². The molecule has 2 unspecified atom stereocenters. The van der Waals surface area contributed by atoms with Gasteiger partial charge in [-0.05, 0) is 46.6 Å². The number of carbonyl (C=O) groups is 1. The highest BCUT2D eigenvalue weighted by Gasteiger charge is 2.35. The summed E-state index contributed by atoms with van der Waals surface area (Å²) in [7, 11) is 2.04. The van der Waals surface area contributed by atoms with Gasteiger partial charge in [0.05, 0.1) is 12.6 Å². The second-order valence-electron chi connectivity index (χ2n) is 5.72. The predicted molar refractivity (Wildman–Crippen MR) is 66.8 cm³/mol. The van der Waals surface area contributed by atoms with E-state index in [0.717, 1.165) is 0 Å². The molecule has 0 aliphatic carbocycles. The van der Waals surface area contributed by atoms with E-state index in [1.807, 2.05) is 20.9 Å². The van der Waals surface area contributed by atoms with Crippen LogP contribution < -0.4 is 5.32 Å². The quantitative estimate of drug-likeness (QED) is 0.749. The lowest BCUT2D eigenvalue weighted by Gasteiger charge is -2.35. The summed E-state index contributed by atoms with van der Waals surface area (Å²) in [4.78, 5) is 13.8. The molecule has 2 rings (SSSR count). The van der Waals surface area contributed by atoms with Gasteiger partial charge in [0.2, 0.25) is 0 Å². The Bertz CT molecular complexity index is 269. The molecular weight excluding hydrogens is 216 g/mol. The second kappa shape index (κ2) is 5.36. The number of carbonyl (C=O) groups excluding carboxylic acids is 1. The smallest absolute Gasteiger partial charge is 0.320 e. The topological polar surface area (TPSA) is 41.6 Å². The number of likely N-dealkylation sites (N-methyl/N-ethyl adjacent to an activating group) is 1. The van der Waals surface area contributed by atoms with E-state index in [1.54, 1.807) is 0 Å². The largest absolute Gasteiger partial charge is 0.462 e. The van der Waals surface area contributed by atoms with Gasteiger partial charge in [-0.2, -0.15) is 0 Å². The molecule has 2 aliphatic rings. The van der Waals surface area contributed by atoms with Gasteiger partial charge in [-0.25, -0.2) is 0 Å². The van der Waals surface area contributed by atoms with Crippen molar-refractivity contribution >= 4 is 5.97 Å². The minimum Gasteiger partial charge on any atom is -0.462 e. The van der Waals surface area contributed by atoms with Crippen molar-refractivity contribution in [2.24, 2.45) is 0 Å². The number of rotatable bonds is 4. The van der Waals surface area contributed by atoms with Gasteiger partial charge in [-0.1, -0.05) is 0 Å². The molecule has 1 N–H and O–H groups in total. The molecule has 0 aromatic heterocycles. The molecule has 4 nitrogen and oxygen atoms in total. The van der Waals surface area contributed by atoms with Crippen molar-refractivity contribution in [2.45, 2.75) is 63.8 Å². The summed E-state index contributed by atoms with van der Waals surface area (Å²) in [6.45, 7) is 4.20. The molecule has 2 saturated heterocycles. The van der Waals surface area contributed by atoms with E-state index in [1.165, 1.54) is 25.7 Å². The SMILES string of the molecule is CC(C)OC(=O)CN(C)C1CC2CCC(C1)N2. The molecule has 0 radical (unpaired) electrons. The lowest BCUT2D eigenvalue weighted by molar-refractivity contribution is -0.149. The van der Waals surface area contributed by atoms with Crippen LogP contribution in [0.3, 0.4) is 0 Å². The third-order valence-corrected chi connectivity index (χ3v) is 3.82. The average molecular weight is 240 g/mol. The summed E-state index contributed by atoms with van der Waals surface area (Å²) in [5, 5.41) is 3.62. The Morgan fingerprint density at radius 2 is 1.94 bits per heavy atom. The number of esters is 1. The molecule has 2 atom stereocenters. The van der Waals surface area contributed by atoms with Gasteiger partial charge < -0.3 is 10.1 Å². The van der Waals surface area contributed by atoms with Crippen LogP contribution in [0.1, 0.15) is 39.5 Å². The zero-order chi connectivity index (χ0) is 12.4. The monoisotopic (exact) mass is 240 g/mol. The molecular formula is C13H24N2O2. The molecule has 2 fully saturated rings. The van der Waals surface area contributed by atoms with Crippen molar-refractivity contribution in [3.05, 3.63) is 0 Å². The Morgan fingerprint density at radius 3 is 2.47 bits per heavy atom. The lowest BCUT2D eigenvalue weighted by Crippen LogP contribution is -2.48. The first-order chi connectivity index (χ1) is 8.04. The highest BCUT2D eigenvalue weighted by atomic mass is 16.5. The molecule has 4 heteroatoms. The summed E-state index contributed by atoms with van der Waals surface area (Å²) >= 11 is 0. The fourth-order valence-corrected chi connectivity index (χ4v) is 3.02. The number of nitrogens with one attached hydrogen (secondary N) is 1. The molecule has 0 amide bonds. The van der Waals surface area contributed by atoms with E-state index in [9.17, 15) is 4.79 Å². The molecule has 0 aromatic rings. The number of ether oxygens (including phenoxy) is 1. The number of fused-ring (bicyclic) bond motifs is 2. The van der Waals surface area contributed by atoms with Crippen LogP contribution in [0, 0.1) is 0 Å². The van der Waals surface area contributed by atoms with Crippen molar-refractivity contribution in [1.82, 2.24) is 10.2 Å². The lowest BCUT2D eigenvalue weighted by atomic mass is 9.98. The van der Waals surface area contributed by atoms with E-state index < -0.39 is 0 Å². The highest BCUT2D eigenvalue weighted by Crippen LogP contribution is 2.29. The van der Waals surface area contributed by atoms with Gasteiger partial charge >= 0.3 is 5.97 Å². The van der Waals surface area contributed by atoms with Crippen LogP contribution in [0.25, 0.3) is 0 Å². The van der Waals surface area contributed by atoms with Crippen LogP contribution in [-0.4, -0.2) is 48.7 Å². The molecule has 0 spiro atoms. The standard InChI is InChI=1S/C13H24N2O2/c1-9(2)17-13(16)8-15(3)12-6-10-4-5-11(7-12)14-10/h9-12,14H,4-8H2,1-3H3. The van der Waals surface area contributed by atoms with E-state index in [2.05, 4.69) is 10.2 Å². The first kappa shape index (κ1) is 12.8. The number of hydrogen-bond acceptors (Lipinski definition) is 4. The number of hydrogen-bond donors (Lipinski definition) is 1. The minimum absolute atomic E-state index is 0.0138. The van der Waals surface area contributed by atoms with Crippen LogP contribution in [0.2, 0.25) is 0 Å². The van der Waals surface area contributed by atoms with Crippen LogP contribution in [-0.2, 0) is 9.53 Å². The van der Waals surface area contributed by atoms with Crippen LogP contribution in [0.5, 0.6) is 0 Å². The summed E-state index contributed by atoms with van der Waals surface area (Å²) in [5.74, 6) is -0.103. The zero-order valence-corrected chi connectivity index (χ0v) is 11.1. The van der Waals surface area contributed by atoms with E-state index in [4.69, 9.17) is 4.74 Å². The Hall–Kier alpha value is -0.610. The molecule has 0 aromatic carbocycles. The van der Waals surface area contributed by atoms with Gasteiger partial charge in [0.15, 0.2) is 0 Å². The second-order valence-corrected chi connectivity index (χ2v) is 5.72. The van der Waals surface area contributed by atoms with Crippen LogP contribution >= 0.6 is 0 Å². The summed E-state index contributed by atoms with van der Waals surface area (Å²) in [6, 6.07) is 1.87. The molecule has 0 saturated carbocycles. The van der Waals surface area contributed by atoms with Crippen molar-refractivity contribution in [3.63, 3.8) is 0 Å². The fraction of sp³-hybridized carbons (Fsp3) is 0.923. The molecule has 2 bridgehead atoms. The molecule has 2 aliphatic heterocycles. The van der Waals surface area contributed by atoms with Crippen molar-refractivity contribution in [2.75, 3.05) is 13.6 Å². The summed E-state index contributed by atoms with van der Waals surface area (Å²) < 4.78 is 5.18. The van der Waals surface area contributed by atoms with Crippen LogP contribution in [0.4, 0.5) is 0 Å². The maximum atomic E-state index is 11.6. The maximum absolute atomic E-state index is 11.6. The fourth-order valence-electron chi connectivity index (χ4n) is 3.02. The average Bonchev–Trinajstić information content (AvgIpc) is 2.56. The van der Waals surface area contributed by atoms with E-state index >= 15 is 0 Å². The zero-order valence-electron chi connectivity index (χ0n) is 11.1. The molecule has 17 heavy (non-hydrogen) atoms. The van der Waals surface area contributed by atoms with Gasteiger partial charge in [0, 0.05) is 18.1 Å². The van der Waals surface area contributed by atoms with Gasteiger partial charge in [0.25, 0.3) is 0 Å². The van der Waals surface area contributed by atoms with Crippen molar-refractivity contribution in [1.29, 1.82) is 0 Å². The maximum Gasteiger partial charge on any atom is 0.320 e. The van der Waals surface area contributed by atoms with Gasteiger partial charge in [-0.3, -0.25) is 9.69 Å². The van der Waals surface area contributed by atoms with E-state index in [-0.39, 0.29) is 12.1 Å². The molecule has 98 valence electrons. The van der Waals surface area contributed by atoms with Gasteiger partial charge in [0.1, 0.15) is 0 Å². The Balaban J connectivity index is 1.79. The Morgan fingerprint density at radius 1 is 1.35 bits per heavy atom. The number of nitrogens with zero attached hydrogens (tertiary/aromatic N) is 1. The van der Waals surface area contributed by atoms with Crippen molar-refractivity contribution in [3.8, 4) is 0 Å². The normalized spacial score (nSPS) is 32.2. The Labute approximate surface area is 104 Å². The summed E-state index contributed by atoms with van der Waals surface area (Å²) in [5.41, 5.74) is 0.